The minimum Gasteiger partial charge on any atom is -0.496 e. The van der Waals surface area contributed by atoms with Crippen LogP contribution in [0.2, 0.25) is 0 Å². The third-order valence-electron chi connectivity index (χ3n) is 6.34. The molecule has 1 amide bonds. The summed E-state index contributed by atoms with van der Waals surface area (Å²) < 4.78 is 7.45. The molecule has 0 atom stereocenters. The molecule has 1 spiro atoms. The zero-order valence-corrected chi connectivity index (χ0v) is 17.7. The molecular formula is C24H27N5O2. The lowest BCUT2D eigenvalue weighted by molar-refractivity contribution is -0.122. The number of para-hydroxylation sites is 2. The van der Waals surface area contributed by atoms with Crippen molar-refractivity contribution < 1.29 is 9.53 Å². The number of hydrogen-bond acceptors (Lipinski definition) is 5. The summed E-state index contributed by atoms with van der Waals surface area (Å²) in [4.78, 5) is 15.3. The molecule has 2 aromatic carbocycles. The van der Waals surface area contributed by atoms with Crippen molar-refractivity contribution in [1.82, 2.24) is 14.7 Å². The van der Waals surface area contributed by atoms with Gasteiger partial charge < -0.3 is 15.4 Å². The molecular weight excluding hydrogens is 390 g/mol. The van der Waals surface area contributed by atoms with Crippen molar-refractivity contribution in [2.24, 2.45) is 0 Å². The Hall–Kier alpha value is -3.32. The fraction of sp³-hybridized carbons (Fsp3) is 0.333. The maximum absolute atomic E-state index is 12.9. The Bertz CT molecular complexity index is 1070. The van der Waals surface area contributed by atoms with Crippen LogP contribution in [-0.2, 0) is 17.9 Å². The number of ether oxygens (including phenoxy) is 1. The first-order chi connectivity index (χ1) is 15.1. The van der Waals surface area contributed by atoms with Crippen molar-refractivity contribution in [3.8, 4) is 5.75 Å². The molecule has 2 aliphatic rings. The molecule has 1 aromatic heterocycles. The van der Waals surface area contributed by atoms with Gasteiger partial charge in [-0.25, -0.2) is 0 Å². The molecule has 0 saturated carbocycles. The van der Waals surface area contributed by atoms with E-state index in [0.29, 0.717) is 6.54 Å². The number of anilines is 2. The molecule has 2 aliphatic heterocycles. The largest absolute Gasteiger partial charge is 0.496 e. The van der Waals surface area contributed by atoms with Gasteiger partial charge in [-0.05, 0) is 48.7 Å². The van der Waals surface area contributed by atoms with Crippen molar-refractivity contribution in [2.75, 3.05) is 30.8 Å². The first-order valence-corrected chi connectivity index (χ1v) is 10.7. The lowest BCUT2D eigenvalue weighted by atomic mass is 9.84. The van der Waals surface area contributed by atoms with Gasteiger partial charge in [-0.2, -0.15) is 5.10 Å². The van der Waals surface area contributed by atoms with E-state index in [1.807, 2.05) is 47.3 Å². The third-order valence-corrected chi connectivity index (χ3v) is 6.34. The topological polar surface area (TPSA) is 71.4 Å². The van der Waals surface area contributed by atoms with Gasteiger partial charge in [0.25, 0.3) is 0 Å². The molecule has 7 nitrogen and oxygen atoms in total. The number of likely N-dealkylation sites (tertiary alicyclic amines) is 1. The number of carbonyl (C=O) groups excluding carboxylic acids is 1. The Morgan fingerprint density at radius 2 is 1.87 bits per heavy atom. The number of aromatic nitrogens is 2. The van der Waals surface area contributed by atoms with Crippen molar-refractivity contribution in [3.63, 3.8) is 0 Å². The Kier molecular flexibility index (Phi) is 5.11. The Morgan fingerprint density at radius 3 is 2.61 bits per heavy atom. The molecule has 3 aromatic rings. The third kappa shape index (κ3) is 3.88. The summed E-state index contributed by atoms with van der Waals surface area (Å²) in [7, 11) is 1.70. The fourth-order valence-electron chi connectivity index (χ4n) is 4.58. The molecule has 0 aliphatic carbocycles. The van der Waals surface area contributed by atoms with E-state index in [9.17, 15) is 4.79 Å². The minimum absolute atomic E-state index is 0.0804. The van der Waals surface area contributed by atoms with Crippen LogP contribution in [0.4, 0.5) is 11.4 Å². The van der Waals surface area contributed by atoms with E-state index in [0.717, 1.165) is 55.2 Å². The summed E-state index contributed by atoms with van der Waals surface area (Å²) in [6.45, 7) is 3.26. The lowest BCUT2D eigenvalue weighted by Gasteiger charge is -2.44. The van der Waals surface area contributed by atoms with E-state index in [2.05, 4.69) is 32.8 Å². The van der Waals surface area contributed by atoms with Crippen LogP contribution in [0.3, 0.4) is 0 Å². The molecule has 7 heteroatoms. The van der Waals surface area contributed by atoms with Crippen LogP contribution >= 0.6 is 0 Å². The standard InChI is InChI=1S/C24H27N5O2/c1-31-22-8-7-18(15-19(22)17-29-12-4-11-25-29)16-28-13-9-24(10-14-28)23(30)26-20-5-2-3-6-21(20)27-24/h2-8,11-12,15,27H,9-10,13-14,16-17H2,1H3,(H,26,30). The van der Waals surface area contributed by atoms with Crippen LogP contribution in [0.25, 0.3) is 0 Å². The lowest BCUT2D eigenvalue weighted by Crippen LogP contribution is -2.58. The fourth-order valence-corrected chi connectivity index (χ4v) is 4.58. The number of amides is 1. The number of hydrogen-bond donors (Lipinski definition) is 2. The molecule has 0 unspecified atom stereocenters. The highest BCUT2D eigenvalue weighted by atomic mass is 16.5. The predicted molar refractivity (Wildman–Crippen MR) is 120 cm³/mol. The molecule has 5 rings (SSSR count). The highest BCUT2D eigenvalue weighted by molar-refractivity contribution is 6.06. The smallest absolute Gasteiger partial charge is 0.250 e. The first-order valence-electron chi connectivity index (χ1n) is 10.7. The van der Waals surface area contributed by atoms with E-state index in [1.54, 1.807) is 13.3 Å². The summed E-state index contributed by atoms with van der Waals surface area (Å²) in [5, 5.41) is 10.9. The van der Waals surface area contributed by atoms with Gasteiger partial charge in [-0.3, -0.25) is 14.4 Å². The zero-order chi connectivity index (χ0) is 21.3. The van der Waals surface area contributed by atoms with Gasteiger partial charge in [0.2, 0.25) is 5.91 Å². The zero-order valence-electron chi connectivity index (χ0n) is 17.7. The highest BCUT2D eigenvalue weighted by Crippen LogP contribution is 2.36. The number of nitrogens with one attached hydrogen (secondary N) is 2. The molecule has 31 heavy (non-hydrogen) atoms. The summed E-state index contributed by atoms with van der Waals surface area (Å²) in [5.74, 6) is 0.954. The average Bonchev–Trinajstić information content (AvgIpc) is 3.30. The molecule has 1 fully saturated rings. The van der Waals surface area contributed by atoms with Crippen LogP contribution in [-0.4, -0.2) is 46.3 Å². The number of fused-ring (bicyclic) bond motifs is 1. The number of rotatable bonds is 5. The molecule has 160 valence electrons. The maximum atomic E-state index is 12.9. The van der Waals surface area contributed by atoms with Gasteiger partial charge >= 0.3 is 0 Å². The van der Waals surface area contributed by atoms with Gasteiger partial charge in [0.15, 0.2) is 0 Å². The number of piperidine rings is 1. The number of nitrogens with zero attached hydrogens (tertiary/aromatic N) is 3. The summed E-state index contributed by atoms with van der Waals surface area (Å²) in [6.07, 6.45) is 5.30. The van der Waals surface area contributed by atoms with Crippen molar-refractivity contribution in [2.45, 2.75) is 31.5 Å². The second-order valence-electron chi connectivity index (χ2n) is 8.33. The Balaban J connectivity index is 1.26. The first kappa shape index (κ1) is 19.6. The second kappa shape index (κ2) is 8.07. The van der Waals surface area contributed by atoms with Crippen molar-refractivity contribution >= 4 is 17.3 Å². The van der Waals surface area contributed by atoms with Gasteiger partial charge in [0, 0.05) is 37.6 Å². The number of carbonyl (C=O) groups is 1. The monoisotopic (exact) mass is 417 g/mol. The number of benzene rings is 2. The molecule has 1 saturated heterocycles. The van der Waals surface area contributed by atoms with E-state index in [4.69, 9.17) is 4.74 Å². The SMILES string of the molecule is COc1ccc(CN2CCC3(CC2)Nc2ccccc2NC3=O)cc1Cn1cccn1. The Morgan fingerprint density at radius 1 is 1.06 bits per heavy atom. The van der Waals surface area contributed by atoms with Gasteiger partial charge in [-0.1, -0.05) is 18.2 Å². The summed E-state index contributed by atoms with van der Waals surface area (Å²) in [6, 6.07) is 16.2. The van der Waals surface area contributed by atoms with Crippen LogP contribution in [0.15, 0.2) is 60.9 Å². The van der Waals surface area contributed by atoms with Crippen LogP contribution in [0.5, 0.6) is 5.75 Å². The Labute approximate surface area is 182 Å². The van der Waals surface area contributed by atoms with Gasteiger partial charge in [-0.15, -0.1) is 0 Å². The van der Waals surface area contributed by atoms with E-state index in [1.165, 1.54) is 5.56 Å². The maximum Gasteiger partial charge on any atom is 0.250 e. The second-order valence-corrected chi connectivity index (χ2v) is 8.33. The van der Waals surface area contributed by atoms with Crippen molar-refractivity contribution in [3.05, 3.63) is 72.1 Å². The molecule has 0 bridgehead atoms. The van der Waals surface area contributed by atoms with Crippen LogP contribution < -0.4 is 15.4 Å². The van der Waals surface area contributed by atoms with E-state index >= 15 is 0 Å². The van der Waals surface area contributed by atoms with Crippen LogP contribution in [0, 0.1) is 0 Å². The minimum atomic E-state index is -0.518. The van der Waals surface area contributed by atoms with Crippen LogP contribution in [0.1, 0.15) is 24.0 Å². The average molecular weight is 418 g/mol. The summed E-state index contributed by atoms with van der Waals surface area (Å²) in [5.41, 5.74) is 3.71. The van der Waals surface area contributed by atoms with Gasteiger partial charge in [0.1, 0.15) is 11.3 Å². The molecule has 3 heterocycles. The highest BCUT2D eigenvalue weighted by Gasteiger charge is 2.44. The number of methoxy groups -OCH3 is 1. The molecule has 0 radical (unpaired) electrons. The quantitative estimate of drug-likeness (QED) is 0.666. The van der Waals surface area contributed by atoms with E-state index in [-0.39, 0.29) is 5.91 Å². The summed E-state index contributed by atoms with van der Waals surface area (Å²) >= 11 is 0. The van der Waals surface area contributed by atoms with Crippen molar-refractivity contribution in [1.29, 1.82) is 0 Å². The predicted octanol–water partition coefficient (Wildman–Crippen LogP) is 3.34. The molecule has 2 N–H and O–H groups in total. The van der Waals surface area contributed by atoms with Gasteiger partial charge in [0.05, 0.1) is 25.0 Å². The normalized spacial score (nSPS) is 17.6. The van der Waals surface area contributed by atoms with E-state index < -0.39 is 5.54 Å².